The molecule has 0 amide bonds. The first-order valence-electron chi connectivity index (χ1n) is 10.5. The number of nitrogen functional groups attached to an aromatic ring is 1. The molecule has 10 heteroatoms. The number of ether oxygens (including phenoxy) is 6. The Hall–Kier alpha value is -4.47. The molecule has 182 valence electrons. The van der Waals surface area contributed by atoms with Gasteiger partial charge in [-0.05, 0) is 30.3 Å². The van der Waals surface area contributed by atoms with Crippen molar-refractivity contribution in [2.24, 2.45) is 0 Å². The molecule has 10 nitrogen and oxygen atoms in total. The molecule has 35 heavy (non-hydrogen) atoms. The second-order valence-corrected chi connectivity index (χ2v) is 7.31. The average Bonchev–Trinajstić information content (AvgIpc) is 2.90. The van der Waals surface area contributed by atoms with Crippen molar-refractivity contribution in [1.82, 2.24) is 15.0 Å². The zero-order valence-electron chi connectivity index (χ0n) is 20.3. The molecule has 0 aliphatic carbocycles. The maximum absolute atomic E-state index is 6.29. The fourth-order valence-electron chi connectivity index (χ4n) is 3.99. The van der Waals surface area contributed by atoms with Crippen LogP contribution in [0.5, 0.6) is 34.5 Å². The van der Waals surface area contributed by atoms with E-state index in [2.05, 4.69) is 9.97 Å². The zero-order valence-corrected chi connectivity index (χ0v) is 20.3. The Balaban J connectivity index is 2.07. The molecule has 2 heterocycles. The van der Waals surface area contributed by atoms with Crippen LogP contribution in [0.4, 0.5) is 5.82 Å². The highest BCUT2D eigenvalue weighted by Crippen LogP contribution is 2.47. The van der Waals surface area contributed by atoms with Crippen molar-refractivity contribution >= 4 is 16.9 Å². The lowest BCUT2D eigenvalue weighted by Gasteiger charge is -2.18. The predicted molar refractivity (Wildman–Crippen MR) is 132 cm³/mol. The van der Waals surface area contributed by atoms with Crippen LogP contribution in [0.15, 0.2) is 36.7 Å². The second kappa shape index (κ2) is 9.80. The first-order chi connectivity index (χ1) is 17.0. The number of rotatable bonds is 8. The molecule has 0 fully saturated rings. The molecule has 0 spiro atoms. The monoisotopic (exact) mass is 478 g/mol. The second-order valence-electron chi connectivity index (χ2n) is 7.31. The molecule has 0 atom stereocenters. The van der Waals surface area contributed by atoms with Crippen molar-refractivity contribution in [2.75, 3.05) is 48.4 Å². The standard InChI is InChI=1S/C25H26N4O6/c1-30-17-8-7-14(21(33-4)23(17)35-6)15-11-16(29-25-20(15)24(26)27-12-28-25)13-9-18(31-2)22(34-5)19(10-13)32-3/h7-12H,1-6H3,(H2,26,27,28,29). The largest absolute Gasteiger partial charge is 0.493 e. The Labute approximate surface area is 202 Å². The van der Waals surface area contributed by atoms with Gasteiger partial charge in [0.25, 0.3) is 0 Å². The number of nitrogens with zero attached hydrogens (tertiary/aromatic N) is 3. The summed E-state index contributed by atoms with van der Waals surface area (Å²) in [6, 6.07) is 9.17. The van der Waals surface area contributed by atoms with Crippen molar-refractivity contribution in [3.05, 3.63) is 36.7 Å². The van der Waals surface area contributed by atoms with Gasteiger partial charge in [0.05, 0.1) is 53.7 Å². The first-order valence-corrected chi connectivity index (χ1v) is 10.5. The van der Waals surface area contributed by atoms with Crippen LogP contribution >= 0.6 is 0 Å². The summed E-state index contributed by atoms with van der Waals surface area (Å²) in [7, 11) is 9.34. The van der Waals surface area contributed by atoms with Gasteiger partial charge in [0.15, 0.2) is 28.6 Å². The van der Waals surface area contributed by atoms with Gasteiger partial charge >= 0.3 is 0 Å². The molecule has 0 aliphatic heterocycles. The molecule has 0 radical (unpaired) electrons. The normalized spacial score (nSPS) is 10.7. The molecule has 2 N–H and O–H groups in total. The summed E-state index contributed by atoms with van der Waals surface area (Å²) in [6.07, 6.45) is 1.37. The van der Waals surface area contributed by atoms with Crippen LogP contribution in [0.2, 0.25) is 0 Å². The van der Waals surface area contributed by atoms with E-state index in [0.717, 1.165) is 5.56 Å². The maximum atomic E-state index is 6.29. The van der Waals surface area contributed by atoms with E-state index < -0.39 is 0 Å². The van der Waals surface area contributed by atoms with Gasteiger partial charge in [0, 0.05) is 16.7 Å². The predicted octanol–water partition coefficient (Wildman–Crippen LogP) is 3.99. The van der Waals surface area contributed by atoms with E-state index in [0.29, 0.717) is 62.4 Å². The molecule has 2 aromatic carbocycles. The number of benzene rings is 2. The van der Waals surface area contributed by atoms with Crippen LogP contribution in [-0.4, -0.2) is 57.6 Å². The molecule has 0 aliphatic rings. The number of methoxy groups -OCH3 is 6. The summed E-state index contributed by atoms with van der Waals surface area (Å²) in [5.74, 6) is 3.20. The Kier molecular flexibility index (Phi) is 6.63. The summed E-state index contributed by atoms with van der Waals surface area (Å²) in [4.78, 5) is 13.3. The lowest BCUT2D eigenvalue weighted by atomic mass is 9.98. The maximum Gasteiger partial charge on any atom is 0.203 e. The van der Waals surface area contributed by atoms with E-state index in [4.69, 9.17) is 39.1 Å². The number of anilines is 1. The third kappa shape index (κ3) is 4.03. The van der Waals surface area contributed by atoms with Crippen molar-refractivity contribution in [1.29, 1.82) is 0 Å². The fourth-order valence-corrected chi connectivity index (χ4v) is 3.99. The highest BCUT2D eigenvalue weighted by Gasteiger charge is 2.22. The fraction of sp³-hybridized carbons (Fsp3) is 0.240. The van der Waals surface area contributed by atoms with Gasteiger partial charge in [0.2, 0.25) is 11.5 Å². The zero-order chi connectivity index (χ0) is 25.1. The van der Waals surface area contributed by atoms with E-state index in [1.165, 1.54) is 6.33 Å². The summed E-state index contributed by atoms with van der Waals surface area (Å²) in [5, 5.41) is 0.578. The van der Waals surface area contributed by atoms with Crippen LogP contribution < -0.4 is 34.2 Å². The van der Waals surface area contributed by atoms with Gasteiger partial charge in [0.1, 0.15) is 12.1 Å². The van der Waals surface area contributed by atoms with E-state index in [-0.39, 0.29) is 5.82 Å². The smallest absolute Gasteiger partial charge is 0.203 e. The minimum atomic E-state index is 0.283. The van der Waals surface area contributed by atoms with Crippen LogP contribution in [0.25, 0.3) is 33.4 Å². The van der Waals surface area contributed by atoms with Crippen molar-refractivity contribution in [3.63, 3.8) is 0 Å². The number of fused-ring (bicyclic) bond motifs is 1. The topological polar surface area (TPSA) is 120 Å². The molecular weight excluding hydrogens is 452 g/mol. The molecule has 2 aromatic heterocycles. The highest BCUT2D eigenvalue weighted by atomic mass is 16.5. The Morgan fingerprint density at radius 1 is 0.629 bits per heavy atom. The van der Waals surface area contributed by atoms with Crippen molar-refractivity contribution in [3.8, 4) is 56.9 Å². The van der Waals surface area contributed by atoms with Crippen LogP contribution in [0.3, 0.4) is 0 Å². The first kappa shape index (κ1) is 23.7. The number of hydrogen-bond acceptors (Lipinski definition) is 10. The third-order valence-corrected chi connectivity index (χ3v) is 5.59. The average molecular weight is 479 g/mol. The van der Waals surface area contributed by atoms with Gasteiger partial charge in [-0.3, -0.25) is 0 Å². The Bertz CT molecular complexity index is 1370. The Morgan fingerprint density at radius 3 is 1.83 bits per heavy atom. The minimum absolute atomic E-state index is 0.283. The van der Waals surface area contributed by atoms with E-state index in [1.807, 2.05) is 24.3 Å². The molecule has 4 rings (SSSR count). The van der Waals surface area contributed by atoms with Gasteiger partial charge in [-0.15, -0.1) is 0 Å². The highest BCUT2D eigenvalue weighted by molar-refractivity contribution is 6.02. The summed E-state index contributed by atoms with van der Waals surface area (Å²) >= 11 is 0. The minimum Gasteiger partial charge on any atom is -0.493 e. The van der Waals surface area contributed by atoms with E-state index >= 15 is 0 Å². The van der Waals surface area contributed by atoms with E-state index in [9.17, 15) is 0 Å². The van der Waals surface area contributed by atoms with Crippen LogP contribution in [-0.2, 0) is 0 Å². The SMILES string of the molecule is COc1cc(-c2cc(-c3ccc(OC)c(OC)c3OC)c3c(N)ncnc3n2)cc(OC)c1OC. The molecule has 4 aromatic rings. The Morgan fingerprint density at radius 2 is 1.26 bits per heavy atom. The van der Waals surface area contributed by atoms with E-state index in [1.54, 1.807) is 48.7 Å². The summed E-state index contributed by atoms with van der Waals surface area (Å²) in [6.45, 7) is 0. The van der Waals surface area contributed by atoms with Crippen molar-refractivity contribution < 1.29 is 28.4 Å². The van der Waals surface area contributed by atoms with Crippen LogP contribution in [0.1, 0.15) is 0 Å². The molecule has 0 bridgehead atoms. The molecular formula is C25H26N4O6. The van der Waals surface area contributed by atoms with Gasteiger partial charge < -0.3 is 34.2 Å². The van der Waals surface area contributed by atoms with Crippen LogP contribution in [0, 0.1) is 0 Å². The number of hydrogen-bond donors (Lipinski definition) is 1. The van der Waals surface area contributed by atoms with Crippen molar-refractivity contribution in [2.45, 2.75) is 0 Å². The summed E-state index contributed by atoms with van der Waals surface area (Å²) in [5.41, 5.74) is 9.42. The quantitative estimate of drug-likeness (QED) is 0.398. The number of pyridine rings is 1. The van der Waals surface area contributed by atoms with Gasteiger partial charge in [-0.25, -0.2) is 15.0 Å². The lowest BCUT2D eigenvalue weighted by Crippen LogP contribution is -2.01. The molecule has 0 saturated heterocycles. The summed E-state index contributed by atoms with van der Waals surface area (Å²) < 4.78 is 33.3. The van der Waals surface area contributed by atoms with Gasteiger partial charge in [-0.2, -0.15) is 0 Å². The van der Waals surface area contributed by atoms with Gasteiger partial charge in [-0.1, -0.05) is 0 Å². The molecule has 0 saturated carbocycles. The molecule has 0 unspecified atom stereocenters. The lowest BCUT2D eigenvalue weighted by molar-refractivity contribution is 0.324. The third-order valence-electron chi connectivity index (χ3n) is 5.59. The number of nitrogens with two attached hydrogens (primary N) is 1. The number of aromatic nitrogens is 3.